The van der Waals surface area contributed by atoms with Gasteiger partial charge in [0.15, 0.2) is 0 Å². The molecule has 0 heterocycles. The van der Waals surface area contributed by atoms with Gasteiger partial charge in [-0.25, -0.2) is 0 Å². The van der Waals surface area contributed by atoms with Gasteiger partial charge in [0.05, 0.1) is 0 Å². The molecular formula is C24H24Cl2N2O. The maximum absolute atomic E-state index is 13.4. The lowest BCUT2D eigenvalue weighted by atomic mass is 10.0. The molecule has 0 aliphatic carbocycles. The maximum atomic E-state index is 13.4. The first kappa shape index (κ1) is 21.4. The summed E-state index contributed by atoms with van der Waals surface area (Å²) in [7, 11) is 0. The minimum absolute atomic E-state index is 0.155. The lowest BCUT2D eigenvalue weighted by molar-refractivity contribution is -0.120. The van der Waals surface area contributed by atoms with Gasteiger partial charge in [-0.05, 0) is 72.9 Å². The zero-order valence-corrected chi connectivity index (χ0v) is 18.0. The highest BCUT2D eigenvalue weighted by atomic mass is 35.5. The summed E-state index contributed by atoms with van der Waals surface area (Å²) >= 11 is 12.4. The minimum atomic E-state index is -0.743. The van der Waals surface area contributed by atoms with Gasteiger partial charge in [-0.2, -0.15) is 0 Å². The van der Waals surface area contributed by atoms with Crippen LogP contribution in [-0.4, -0.2) is 12.5 Å². The van der Waals surface area contributed by atoms with Crippen molar-refractivity contribution < 1.29 is 4.79 Å². The summed E-state index contributed by atoms with van der Waals surface area (Å²) in [4.78, 5) is 15.1. The zero-order chi connectivity index (χ0) is 21.0. The zero-order valence-electron chi connectivity index (χ0n) is 16.5. The number of anilines is 1. The predicted molar refractivity (Wildman–Crippen MR) is 122 cm³/mol. The van der Waals surface area contributed by atoms with E-state index in [0.717, 1.165) is 22.4 Å². The van der Waals surface area contributed by atoms with Crippen molar-refractivity contribution in [1.29, 1.82) is 0 Å². The molecule has 0 spiro atoms. The van der Waals surface area contributed by atoms with E-state index < -0.39 is 6.04 Å². The Labute approximate surface area is 182 Å². The summed E-state index contributed by atoms with van der Waals surface area (Å²) in [6.07, 6.45) is 0.569. The fourth-order valence-corrected chi connectivity index (χ4v) is 3.60. The summed E-state index contributed by atoms with van der Waals surface area (Å²) in [6.45, 7) is 4.53. The van der Waals surface area contributed by atoms with Crippen molar-refractivity contribution in [3.63, 3.8) is 0 Å². The normalized spacial score (nSPS) is 11.9. The molecule has 29 heavy (non-hydrogen) atoms. The van der Waals surface area contributed by atoms with E-state index in [0.29, 0.717) is 23.0 Å². The highest BCUT2D eigenvalue weighted by Crippen LogP contribution is 2.25. The van der Waals surface area contributed by atoms with Gasteiger partial charge in [-0.1, -0.05) is 59.6 Å². The van der Waals surface area contributed by atoms with E-state index in [4.69, 9.17) is 28.9 Å². The molecule has 0 bridgehead atoms. The lowest BCUT2D eigenvalue weighted by Gasteiger charge is -2.27. The average molecular weight is 427 g/mol. The summed E-state index contributed by atoms with van der Waals surface area (Å²) < 4.78 is 0. The Morgan fingerprint density at radius 3 is 2.38 bits per heavy atom. The largest absolute Gasteiger partial charge is 0.316 e. The van der Waals surface area contributed by atoms with Gasteiger partial charge in [-0.3, -0.25) is 4.79 Å². The van der Waals surface area contributed by atoms with Crippen LogP contribution in [0.4, 0.5) is 5.69 Å². The molecule has 0 aliphatic heterocycles. The monoisotopic (exact) mass is 426 g/mol. The van der Waals surface area contributed by atoms with Crippen molar-refractivity contribution in [3.8, 4) is 0 Å². The number of nitrogens with two attached hydrogens (primary N) is 1. The van der Waals surface area contributed by atoms with Gasteiger partial charge >= 0.3 is 0 Å². The van der Waals surface area contributed by atoms with Gasteiger partial charge in [0.25, 0.3) is 0 Å². The second kappa shape index (κ2) is 9.45. The summed E-state index contributed by atoms with van der Waals surface area (Å²) in [5, 5.41) is 1.25. The van der Waals surface area contributed by atoms with Crippen LogP contribution in [0.2, 0.25) is 10.0 Å². The van der Waals surface area contributed by atoms with Crippen LogP contribution in [0.15, 0.2) is 66.7 Å². The van der Waals surface area contributed by atoms with E-state index in [1.807, 2.05) is 68.4 Å². The fourth-order valence-electron chi connectivity index (χ4n) is 3.20. The molecule has 5 heteroatoms. The molecule has 3 rings (SSSR count). The molecule has 3 aromatic rings. The van der Waals surface area contributed by atoms with Crippen LogP contribution >= 0.6 is 23.2 Å². The summed E-state index contributed by atoms with van der Waals surface area (Å²) in [6, 6.07) is 20.0. The molecule has 0 aromatic heterocycles. The lowest BCUT2D eigenvalue weighted by Crippen LogP contribution is -2.40. The van der Waals surface area contributed by atoms with Gasteiger partial charge in [0.2, 0.25) is 5.91 Å². The van der Waals surface area contributed by atoms with E-state index in [1.54, 1.807) is 17.0 Å². The smallest absolute Gasteiger partial charge is 0.248 e. The molecule has 0 saturated carbocycles. The number of nitrogens with zero attached hydrogens (tertiary/aromatic N) is 1. The first-order chi connectivity index (χ1) is 13.9. The highest BCUT2D eigenvalue weighted by Gasteiger charge is 2.24. The second-order valence-electron chi connectivity index (χ2n) is 7.13. The van der Waals surface area contributed by atoms with Crippen LogP contribution in [0.3, 0.4) is 0 Å². The third-order valence-corrected chi connectivity index (χ3v) is 5.71. The third kappa shape index (κ3) is 5.18. The number of amides is 1. The number of benzene rings is 3. The number of aryl methyl sites for hydroxylation is 2. The fraction of sp³-hybridized carbons (Fsp3) is 0.208. The first-order valence-corrected chi connectivity index (χ1v) is 10.3. The Kier molecular flexibility index (Phi) is 6.96. The SMILES string of the molecule is Cc1ccc(N(CCc2cc(Cl)ccc2Cl)C(=O)C(N)c2ccccc2)cc1C. The minimum Gasteiger partial charge on any atom is -0.316 e. The van der Waals surface area contributed by atoms with E-state index in [-0.39, 0.29) is 5.91 Å². The van der Waals surface area contributed by atoms with E-state index in [9.17, 15) is 4.79 Å². The second-order valence-corrected chi connectivity index (χ2v) is 7.98. The molecule has 0 aliphatic rings. The van der Waals surface area contributed by atoms with E-state index in [2.05, 4.69) is 0 Å². The molecule has 2 N–H and O–H groups in total. The molecule has 0 fully saturated rings. The number of carbonyl (C=O) groups is 1. The number of halogens is 2. The Balaban J connectivity index is 1.91. The number of hydrogen-bond donors (Lipinski definition) is 1. The molecule has 1 amide bonds. The highest BCUT2D eigenvalue weighted by molar-refractivity contribution is 6.33. The van der Waals surface area contributed by atoms with Crippen molar-refractivity contribution >= 4 is 34.8 Å². The number of carbonyl (C=O) groups excluding carboxylic acids is 1. The predicted octanol–water partition coefficient (Wildman–Crippen LogP) is 5.89. The number of rotatable bonds is 6. The summed E-state index contributed by atoms with van der Waals surface area (Å²) in [5.41, 5.74) is 11.1. The van der Waals surface area contributed by atoms with Crippen molar-refractivity contribution in [2.75, 3.05) is 11.4 Å². The Morgan fingerprint density at radius 1 is 0.966 bits per heavy atom. The summed E-state index contributed by atoms with van der Waals surface area (Å²) in [5.74, 6) is -0.155. The standard InChI is InChI=1S/C24H24Cl2N2O/c1-16-8-10-21(14-17(16)2)28(13-12-19-15-20(25)9-11-22(19)26)24(29)23(27)18-6-4-3-5-7-18/h3-11,14-15,23H,12-13,27H2,1-2H3. The maximum Gasteiger partial charge on any atom is 0.248 e. The molecule has 150 valence electrons. The molecular weight excluding hydrogens is 403 g/mol. The van der Waals surface area contributed by atoms with Gasteiger partial charge in [0.1, 0.15) is 6.04 Å². The van der Waals surface area contributed by atoms with Crippen molar-refractivity contribution in [2.24, 2.45) is 5.73 Å². The van der Waals surface area contributed by atoms with Crippen LogP contribution in [0.1, 0.15) is 28.3 Å². The van der Waals surface area contributed by atoms with E-state index >= 15 is 0 Å². The Hall–Kier alpha value is -2.33. The molecule has 0 radical (unpaired) electrons. The first-order valence-electron chi connectivity index (χ1n) is 9.50. The quantitative estimate of drug-likeness (QED) is 0.534. The van der Waals surface area contributed by atoms with Crippen LogP contribution < -0.4 is 10.6 Å². The Bertz CT molecular complexity index is 1010. The van der Waals surface area contributed by atoms with Crippen LogP contribution in [0.25, 0.3) is 0 Å². The Morgan fingerprint density at radius 2 is 1.69 bits per heavy atom. The molecule has 0 saturated heterocycles. The molecule has 3 nitrogen and oxygen atoms in total. The van der Waals surface area contributed by atoms with Crippen molar-refractivity contribution in [2.45, 2.75) is 26.3 Å². The molecule has 1 unspecified atom stereocenters. The van der Waals surface area contributed by atoms with Gasteiger partial charge < -0.3 is 10.6 Å². The molecule has 1 atom stereocenters. The molecule has 3 aromatic carbocycles. The van der Waals surface area contributed by atoms with Crippen LogP contribution in [-0.2, 0) is 11.2 Å². The van der Waals surface area contributed by atoms with Crippen LogP contribution in [0, 0.1) is 13.8 Å². The number of hydrogen-bond acceptors (Lipinski definition) is 2. The third-order valence-electron chi connectivity index (χ3n) is 5.11. The van der Waals surface area contributed by atoms with Crippen molar-refractivity contribution in [3.05, 3.63) is 99.0 Å². The topological polar surface area (TPSA) is 46.3 Å². The van der Waals surface area contributed by atoms with Crippen molar-refractivity contribution in [1.82, 2.24) is 0 Å². The van der Waals surface area contributed by atoms with Crippen LogP contribution in [0.5, 0.6) is 0 Å². The van der Waals surface area contributed by atoms with E-state index in [1.165, 1.54) is 5.56 Å². The van der Waals surface area contributed by atoms with Gasteiger partial charge in [0, 0.05) is 22.3 Å². The average Bonchev–Trinajstić information content (AvgIpc) is 2.73. The van der Waals surface area contributed by atoms with Gasteiger partial charge in [-0.15, -0.1) is 0 Å².